The zero-order valence-corrected chi connectivity index (χ0v) is 19.8. The second-order valence-corrected chi connectivity index (χ2v) is 8.58. The van der Waals surface area contributed by atoms with Gasteiger partial charge in [-0.05, 0) is 32.4 Å². The van der Waals surface area contributed by atoms with Crippen LogP contribution in [0, 0.1) is 18.7 Å². The Morgan fingerprint density at radius 3 is 2.74 bits per heavy atom. The summed E-state index contributed by atoms with van der Waals surface area (Å²) in [6.45, 7) is 3.44. The number of anilines is 1. The molecule has 0 radical (unpaired) electrons. The van der Waals surface area contributed by atoms with Gasteiger partial charge in [0, 0.05) is 36.1 Å². The number of ether oxygens (including phenoxy) is 3. The van der Waals surface area contributed by atoms with Crippen LogP contribution in [0.2, 0.25) is 0 Å². The number of aryl methyl sites for hydroxylation is 1. The summed E-state index contributed by atoms with van der Waals surface area (Å²) in [6.07, 6.45) is 0.795. The summed E-state index contributed by atoms with van der Waals surface area (Å²) in [7, 11) is 1.54. The van der Waals surface area contributed by atoms with Gasteiger partial charge in [0.15, 0.2) is 11.5 Å². The number of rotatable bonds is 9. The number of aliphatic hydroxyl groups excluding tert-OH is 1. The Balaban J connectivity index is 1.65. The number of halogens is 3. The van der Waals surface area contributed by atoms with Gasteiger partial charge < -0.3 is 24.6 Å². The number of hydrogen-bond acceptors (Lipinski definition) is 7. The molecule has 0 amide bonds. The zero-order valence-electron chi connectivity index (χ0n) is 19.8. The van der Waals surface area contributed by atoms with E-state index in [9.17, 15) is 13.2 Å². The zero-order chi connectivity index (χ0) is 25.2. The van der Waals surface area contributed by atoms with Crippen LogP contribution < -0.4 is 14.8 Å². The third kappa shape index (κ3) is 5.28. The van der Waals surface area contributed by atoms with Crippen LogP contribution in [-0.4, -0.2) is 48.1 Å². The minimum atomic E-state index is -3.68. The van der Waals surface area contributed by atoms with E-state index in [0.29, 0.717) is 47.3 Å². The second kappa shape index (κ2) is 10.2. The van der Waals surface area contributed by atoms with E-state index >= 15 is 0 Å². The highest BCUT2D eigenvalue weighted by atomic mass is 19.3. The summed E-state index contributed by atoms with van der Waals surface area (Å²) in [5, 5.41) is 12.6. The van der Waals surface area contributed by atoms with Crippen LogP contribution in [0.25, 0.3) is 10.9 Å². The van der Waals surface area contributed by atoms with Gasteiger partial charge in [-0.15, -0.1) is 0 Å². The first-order valence-corrected chi connectivity index (χ1v) is 11.3. The molecule has 2 atom stereocenters. The molecule has 2 N–H and O–H groups in total. The summed E-state index contributed by atoms with van der Waals surface area (Å²) in [5.41, 5.74) is -0.254. The lowest BCUT2D eigenvalue weighted by Gasteiger charge is -2.22. The lowest BCUT2D eigenvalue weighted by atomic mass is 10.0. The maximum atomic E-state index is 14.8. The molecule has 3 aromatic rings. The van der Waals surface area contributed by atoms with Crippen LogP contribution >= 0.6 is 0 Å². The average Bonchev–Trinajstić information content (AvgIpc) is 3.38. The van der Waals surface area contributed by atoms with Crippen LogP contribution in [0.15, 0.2) is 30.3 Å². The SMILES string of the molecule is COc1cc2nc(C)nc(NCc3cccc(C(F)(F)CO)c3F)c2cc1OC(C)[C@H]1CCOC1. The van der Waals surface area contributed by atoms with Gasteiger partial charge in [0.05, 0.1) is 24.8 Å². The van der Waals surface area contributed by atoms with E-state index in [2.05, 4.69) is 15.3 Å². The number of aliphatic hydroxyl groups is 1. The number of methoxy groups -OCH3 is 1. The van der Waals surface area contributed by atoms with Crippen LogP contribution in [0.3, 0.4) is 0 Å². The summed E-state index contributed by atoms with van der Waals surface area (Å²) in [5.74, 6) is -2.61. The van der Waals surface area contributed by atoms with Crippen molar-refractivity contribution in [3.05, 3.63) is 53.1 Å². The molecular weight excluding hydrogens is 463 g/mol. The molecule has 35 heavy (non-hydrogen) atoms. The molecule has 2 heterocycles. The van der Waals surface area contributed by atoms with Gasteiger partial charge >= 0.3 is 0 Å². The van der Waals surface area contributed by atoms with E-state index in [0.717, 1.165) is 12.5 Å². The van der Waals surface area contributed by atoms with Crippen molar-refractivity contribution < 1.29 is 32.5 Å². The highest BCUT2D eigenvalue weighted by Crippen LogP contribution is 2.37. The predicted octanol–water partition coefficient (Wildman–Crippen LogP) is 4.59. The molecule has 4 rings (SSSR count). The first-order chi connectivity index (χ1) is 16.7. The molecule has 1 aliphatic rings. The van der Waals surface area contributed by atoms with Gasteiger partial charge in [-0.3, -0.25) is 0 Å². The number of nitrogens with zero attached hydrogens (tertiary/aromatic N) is 2. The fourth-order valence-electron chi connectivity index (χ4n) is 4.12. The highest BCUT2D eigenvalue weighted by molar-refractivity contribution is 5.91. The molecule has 1 fully saturated rings. The van der Waals surface area contributed by atoms with Crippen molar-refractivity contribution in [1.82, 2.24) is 9.97 Å². The maximum Gasteiger partial charge on any atom is 0.298 e. The molecule has 0 saturated carbocycles. The number of hydrogen-bond donors (Lipinski definition) is 2. The van der Waals surface area contributed by atoms with Crippen LogP contribution in [0.5, 0.6) is 11.5 Å². The van der Waals surface area contributed by atoms with Crippen molar-refractivity contribution in [2.24, 2.45) is 5.92 Å². The van der Waals surface area contributed by atoms with Gasteiger partial charge in [0.25, 0.3) is 5.92 Å². The first-order valence-electron chi connectivity index (χ1n) is 11.3. The molecule has 1 unspecified atom stereocenters. The monoisotopic (exact) mass is 491 g/mol. The Hall–Kier alpha value is -3.11. The van der Waals surface area contributed by atoms with Crippen molar-refractivity contribution in [3.63, 3.8) is 0 Å². The fourth-order valence-corrected chi connectivity index (χ4v) is 4.12. The van der Waals surface area contributed by atoms with Crippen LogP contribution in [0.4, 0.5) is 19.0 Å². The maximum absolute atomic E-state index is 14.8. The van der Waals surface area contributed by atoms with E-state index in [4.69, 9.17) is 19.3 Å². The largest absolute Gasteiger partial charge is 0.493 e. The third-order valence-corrected chi connectivity index (χ3v) is 6.15. The molecule has 0 bridgehead atoms. The lowest BCUT2D eigenvalue weighted by Crippen LogP contribution is -2.24. The quantitative estimate of drug-likeness (QED) is 0.453. The smallest absolute Gasteiger partial charge is 0.298 e. The number of fused-ring (bicyclic) bond motifs is 1. The van der Waals surface area contributed by atoms with Crippen molar-refractivity contribution in [2.45, 2.75) is 38.8 Å². The normalized spacial score (nSPS) is 16.9. The van der Waals surface area contributed by atoms with E-state index in [-0.39, 0.29) is 24.1 Å². The predicted molar refractivity (Wildman–Crippen MR) is 125 cm³/mol. The molecule has 7 nitrogen and oxygen atoms in total. The Morgan fingerprint density at radius 1 is 1.26 bits per heavy atom. The number of alkyl halides is 2. The molecule has 10 heteroatoms. The molecule has 1 saturated heterocycles. The van der Waals surface area contributed by atoms with Gasteiger partial charge in [-0.2, -0.15) is 8.78 Å². The lowest BCUT2D eigenvalue weighted by molar-refractivity contribution is -0.0583. The average molecular weight is 492 g/mol. The van der Waals surface area contributed by atoms with Gasteiger partial charge in [-0.1, -0.05) is 12.1 Å². The van der Waals surface area contributed by atoms with E-state index in [1.54, 1.807) is 26.2 Å². The van der Waals surface area contributed by atoms with E-state index in [1.807, 2.05) is 6.92 Å². The number of benzene rings is 2. The molecule has 188 valence electrons. The minimum absolute atomic E-state index is 0.0138. The third-order valence-electron chi connectivity index (χ3n) is 6.15. The molecule has 0 aliphatic carbocycles. The second-order valence-electron chi connectivity index (χ2n) is 8.58. The van der Waals surface area contributed by atoms with Crippen molar-refractivity contribution in [1.29, 1.82) is 0 Å². The molecule has 0 spiro atoms. The van der Waals surface area contributed by atoms with Gasteiger partial charge in [0.1, 0.15) is 30.2 Å². The number of nitrogens with one attached hydrogen (secondary N) is 1. The van der Waals surface area contributed by atoms with Gasteiger partial charge in [0.2, 0.25) is 0 Å². The molecule has 2 aromatic carbocycles. The number of aromatic nitrogens is 2. The standard InChI is InChI=1S/C25H28F3N3O4/c1-14(17-7-8-34-12-17)35-22-9-18-20(10-21(22)33-3)30-15(2)31-24(18)29-11-16-5-4-6-19(23(16)26)25(27,28)13-32/h4-6,9-10,14,17,32H,7-8,11-13H2,1-3H3,(H,29,30,31)/t14?,17-/m0/s1. The highest BCUT2D eigenvalue weighted by Gasteiger charge is 2.34. The summed E-state index contributed by atoms with van der Waals surface area (Å²) < 4.78 is 59.8. The summed E-state index contributed by atoms with van der Waals surface area (Å²) in [6, 6.07) is 7.19. The van der Waals surface area contributed by atoms with Crippen molar-refractivity contribution in [2.75, 3.05) is 32.2 Å². The Kier molecular flexibility index (Phi) is 7.32. The molecular formula is C25H28F3N3O4. The minimum Gasteiger partial charge on any atom is -0.493 e. The van der Waals surface area contributed by atoms with Crippen molar-refractivity contribution >= 4 is 16.7 Å². The van der Waals surface area contributed by atoms with E-state index < -0.39 is 23.9 Å². The Bertz CT molecular complexity index is 1200. The van der Waals surface area contributed by atoms with Crippen LogP contribution in [-0.2, 0) is 17.2 Å². The molecule has 1 aliphatic heterocycles. The first kappa shape index (κ1) is 25.0. The topological polar surface area (TPSA) is 85.7 Å². The fraction of sp³-hybridized carbons (Fsp3) is 0.440. The summed E-state index contributed by atoms with van der Waals surface area (Å²) in [4.78, 5) is 8.90. The van der Waals surface area contributed by atoms with Crippen LogP contribution in [0.1, 0.15) is 30.3 Å². The van der Waals surface area contributed by atoms with Gasteiger partial charge in [-0.25, -0.2) is 14.4 Å². The Labute approximate surface area is 201 Å². The van der Waals surface area contributed by atoms with E-state index in [1.165, 1.54) is 12.1 Å². The van der Waals surface area contributed by atoms with Crippen molar-refractivity contribution in [3.8, 4) is 11.5 Å². The Morgan fingerprint density at radius 2 is 2.06 bits per heavy atom. The summed E-state index contributed by atoms with van der Waals surface area (Å²) >= 11 is 0. The molecule has 1 aromatic heterocycles.